The topological polar surface area (TPSA) is 66.7 Å². The van der Waals surface area contributed by atoms with E-state index in [9.17, 15) is 0 Å². The van der Waals surface area contributed by atoms with Crippen molar-refractivity contribution in [1.29, 1.82) is 0 Å². The van der Waals surface area contributed by atoms with Gasteiger partial charge < -0.3 is 9.73 Å². The van der Waals surface area contributed by atoms with Crippen LogP contribution in [0.2, 0.25) is 0 Å². The summed E-state index contributed by atoms with van der Waals surface area (Å²) in [6, 6.07) is 0. The number of aromatic amines is 1. The van der Waals surface area contributed by atoms with Crippen LogP contribution in [0.25, 0.3) is 0 Å². The molecule has 0 radical (unpaired) electrons. The van der Waals surface area contributed by atoms with Crippen molar-refractivity contribution >= 4 is 0 Å². The SMILES string of the molecule is Cc1cnc(CNCc2cn[nH]c2C)o1. The van der Waals surface area contributed by atoms with E-state index in [1.54, 1.807) is 6.20 Å². The van der Waals surface area contributed by atoms with Crippen LogP contribution in [0, 0.1) is 13.8 Å². The standard InChI is InChI=1S/C10H14N4O/c1-7-3-12-10(15-7)6-11-4-9-5-13-14-8(9)2/h3,5,11H,4,6H2,1-2H3,(H,13,14). The molecule has 15 heavy (non-hydrogen) atoms. The lowest BCUT2D eigenvalue weighted by molar-refractivity contribution is 0.449. The Bertz CT molecular complexity index is 432. The minimum Gasteiger partial charge on any atom is -0.445 e. The Morgan fingerprint density at radius 2 is 2.20 bits per heavy atom. The highest BCUT2D eigenvalue weighted by molar-refractivity contribution is 5.13. The van der Waals surface area contributed by atoms with Crippen LogP contribution in [0.4, 0.5) is 0 Å². The Labute approximate surface area is 87.9 Å². The first kappa shape index (κ1) is 9.92. The molecule has 0 saturated heterocycles. The zero-order chi connectivity index (χ0) is 10.7. The summed E-state index contributed by atoms with van der Waals surface area (Å²) in [6.07, 6.45) is 3.54. The van der Waals surface area contributed by atoms with Gasteiger partial charge in [-0.25, -0.2) is 4.98 Å². The fraction of sp³-hybridized carbons (Fsp3) is 0.400. The van der Waals surface area contributed by atoms with Crippen LogP contribution in [0.5, 0.6) is 0 Å². The lowest BCUT2D eigenvalue weighted by Crippen LogP contribution is -2.13. The molecule has 0 aliphatic rings. The third kappa shape index (κ3) is 2.44. The van der Waals surface area contributed by atoms with E-state index in [0.29, 0.717) is 12.4 Å². The van der Waals surface area contributed by atoms with Crippen LogP contribution in [-0.2, 0) is 13.1 Å². The van der Waals surface area contributed by atoms with Gasteiger partial charge in [-0.1, -0.05) is 0 Å². The lowest BCUT2D eigenvalue weighted by atomic mass is 10.3. The van der Waals surface area contributed by atoms with Crippen molar-refractivity contribution in [3.05, 3.63) is 35.3 Å². The van der Waals surface area contributed by atoms with E-state index in [0.717, 1.165) is 18.0 Å². The molecule has 2 rings (SSSR count). The Morgan fingerprint density at radius 3 is 2.80 bits per heavy atom. The Kier molecular flexibility index (Phi) is 2.82. The maximum Gasteiger partial charge on any atom is 0.208 e. The van der Waals surface area contributed by atoms with Gasteiger partial charge in [-0.15, -0.1) is 0 Å². The van der Waals surface area contributed by atoms with Gasteiger partial charge in [0.05, 0.1) is 18.9 Å². The van der Waals surface area contributed by atoms with E-state index in [1.165, 1.54) is 5.56 Å². The number of H-pyrrole nitrogens is 1. The molecule has 0 saturated carbocycles. The Morgan fingerprint density at radius 1 is 1.33 bits per heavy atom. The number of aryl methyl sites for hydroxylation is 2. The normalized spacial score (nSPS) is 10.8. The molecule has 0 bridgehead atoms. The summed E-state index contributed by atoms with van der Waals surface area (Å²) in [4.78, 5) is 4.10. The molecule has 0 spiro atoms. The van der Waals surface area contributed by atoms with Crippen LogP contribution in [0.3, 0.4) is 0 Å². The number of nitrogens with zero attached hydrogens (tertiary/aromatic N) is 2. The summed E-state index contributed by atoms with van der Waals surface area (Å²) in [5, 5.41) is 10.1. The van der Waals surface area contributed by atoms with Gasteiger partial charge in [0.15, 0.2) is 0 Å². The maximum absolute atomic E-state index is 5.34. The van der Waals surface area contributed by atoms with Crippen LogP contribution < -0.4 is 5.32 Å². The number of hydrogen-bond acceptors (Lipinski definition) is 4. The van der Waals surface area contributed by atoms with Gasteiger partial charge in [0.1, 0.15) is 5.76 Å². The van der Waals surface area contributed by atoms with Gasteiger partial charge >= 0.3 is 0 Å². The van der Waals surface area contributed by atoms with E-state index < -0.39 is 0 Å². The van der Waals surface area contributed by atoms with E-state index in [-0.39, 0.29) is 0 Å². The second-order valence-corrected chi connectivity index (χ2v) is 3.49. The van der Waals surface area contributed by atoms with Crippen molar-refractivity contribution in [3.8, 4) is 0 Å². The highest BCUT2D eigenvalue weighted by Crippen LogP contribution is 2.04. The van der Waals surface area contributed by atoms with Crippen LogP contribution in [0.1, 0.15) is 22.9 Å². The third-order valence-electron chi connectivity index (χ3n) is 2.20. The first-order chi connectivity index (χ1) is 7.25. The molecule has 0 unspecified atom stereocenters. The first-order valence-electron chi connectivity index (χ1n) is 4.86. The maximum atomic E-state index is 5.34. The fourth-order valence-corrected chi connectivity index (χ4v) is 1.34. The highest BCUT2D eigenvalue weighted by Gasteiger charge is 2.02. The molecule has 0 aliphatic heterocycles. The van der Waals surface area contributed by atoms with E-state index in [4.69, 9.17) is 4.42 Å². The predicted molar refractivity (Wildman–Crippen MR) is 55.1 cm³/mol. The number of rotatable bonds is 4. The largest absolute Gasteiger partial charge is 0.445 e. The van der Waals surface area contributed by atoms with Crippen molar-refractivity contribution in [2.24, 2.45) is 0 Å². The summed E-state index contributed by atoms with van der Waals surface area (Å²) in [5.41, 5.74) is 2.25. The number of aromatic nitrogens is 3. The second kappa shape index (κ2) is 4.27. The van der Waals surface area contributed by atoms with Gasteiger partial charge in [-0.3, -0.25) is 5.10 Å². The number of nitrogens with one attached hydrogen (secondary N) is 2. The molecule has 2 N–H and O–H groups in total. The Hall–Kier alpha value is -1.62. The van der Waals surface area contributed by atoms with E-state index in [1.807, 2.05) is 20.0 Å². The molecule has 0 atom stereocenters. The summed E-state index contributed by atoms with van der Waals surface area (Å²) in [5.74, 6) is 1.56. The molecule has 0 amide bonds. The molecule has 0 aliphatic carbocycles. The highest BCUT2D eigenvalue weighted by atomic mass is 16.4. The second-order valence-electron chi connectivity index (χ2n) is 3.49. The van der Waals surface area contributed by atoms with Crippen LogP contribution in [0.15, 0.2) is 16.8 Å². The smallest absolute Gasteiger partial charge is 0.208 e. The molecule has 80 valence electrons. The average molecular weight is 206 g/mol. The van der Waals surface area contributed by atoms with Crippen molar-refractivity contribution in [2.45, 2.75) is 26.9 Å². The molecule has 5 nitrogen and oxygen atoms in total. The van der Waals surface area contributed by atoms with Gasteiger partial charge in [0.2, 0.25) is 5.89 Å². The molecule has 0 aromatic carbocycles. The third-order valence-corrected chi connectivity index (χ3v) is 2.20. The van der Waals surface area contributed by atoms with E-state index >= 15 is 0 Å². The zero-order valence-electron chi connectivity index (χ0n) is 8.87. The van der Waals surface area contributed by atoms with Crippen molar-refractivity contribution in [1.82, 2.24) is 20.5 Å². The summed E-state index contributed by atoms with van der Waals surface area (Å²) in [6.45, 7) is 5.29. The molecule has 2 aromatic heterocycles. The summed E-state index contributed by atoms with van der Waals surface area (Å²) < 4.78 is 5.34. The van der Waals surface area contributed by atoms with Gasteiger partial charge in [0, 0.05) is 17.8 Å². The minimum atomic E-state index is 0.637. The average Bonchev–Trinajstić information content (AvgIpc) is 2.77. The molecule has 5 heteroatoms. The number of hydrogen-bond donors (Lipinski definition) is 2. The predicted octanol–water partition coefficient (Wildman–Crippen LogP) is 1.30. The van der Waals surface area contributed by atoms with Crippen LogP contribution >= 0.6 is 0 Å². The molecular formula is C10H14N4O. The monoisotopic (exact) mass is 206 g/mol. The van der Waals surface area contributed by atoms with Crippen LogP contribution in [-0.4, -0.2) is 15.2 Å². The molecule has 2 heterocycles. The molecule has 0 fully saturated rings. The minimum absolute atomic E-state index is 0.637. The van der Waals surface area contributed by atoms with Crippen molar-refractivity contribution in [2.75, 3.05) is 0 Å². The first-order valence-corrected chi connectivity index (χ1v) is 4.86. The molecule has 2 aromatic rings. The summed E-state index contributed by atoms with van der Waals surface area (Å²) in [7, 11) is 0. The quantitative estimate of drug-likeness (QED) is 0.791. The van der Waals surface area contributed by atoms with Crippen molar-refractivity contribution < 1.29 is 4.42 Å². The molecular weight excluding hydrogens is 192 g/mol. The van der Waals surface area contributed by atoms with Gasteiger partial charge in [-0.05, 0) is 13.8 Å². The summed E-state index contributed by atoms with van der Waals surface area (Å²) >= 11 is 0. The Balaban J connectivity index is 1.83. The van der Waals surface area contributed by atoms with Gasteiger partial charge in [-0.2, -0.15) is 5.10 Å². The zero-order valence-corrected chi connectivity index (χ0v) is 8.87. The fourth-order valence-electron chi connectivity index (χ4n) is 1.34. The van der Waals surface area contributed by atoms with E-state index in [2.05, 4.69) is 20.5 Å². The van der Waals surface area contributed by atoms with Crippen molar-refractivity contribution in [3.63, 3.8) is 0 Å². The van der Waals surface area contributed by atoms with Gasteiger partial charge in [0.25, 0.3) is 0 Å². The number of oxazole rings is 1. The lowest BCUT2D eigenvalue weighted by Gasteiger charge is -2.00.